The largest absolute Gasteiger partial charge is 0.490 e. The van der Waals surface area contributed by atoms with E-state index in [1.807, 2.05) is 0 Å². The van der Waals surface area contributed by atoms with E-state index in [9.17, 15) is 13.2 Å². The fourth-order valence-corrected chi connectivity index (χ4v) is 3.60. The third kappa shape index (κ3) is 4.50. The van der Waals surface area contributed by atoms with E-state index < -0.39 is 21.0 Å². The number of primary amides is 1. The normalized spacial score (nSPS) is 18.6. The molecule has 0 saturated heterocycles. The van der Waals surface area contributed by atoms with Crippen LogP contribution < -0.4 is 26.4 Å². The summed E-state index contributed by atoms with van der Waals surface area (Å²) in [6, 6.07) is 5.61. The van der Waals surface area contributed by atoms with E-state index in [1.165, 1.54) is 12.5 Å². The van der Waals surface area contributed by atoms with Crippen LogP contribution in [0, 0.1) is 0 Å². The third-order valence-corrected chi connectivity index (χ3v) is 6.27. The van der Waals surface area contributed by atoms with Gasteiger partial charge >= 0.3 is 0 Å². The van der Waals surface area contributed by atoms with Crippen molar-refractivity contribution in [3.8, 4) is 5.75 Å². The lowest BCUT2D eigenvalue weighted by atomic mass is 10.2. The molecule has 1 aromatic heterocycles. The zero-order chi connectivity index (χ0) is 20.6. The number of hydrogen-bond acceptors (Lipinski definition) is 9. The molecule has 2 aliphatic rings. The van der Waals surface area contributed by atoms with Gasteiger partial charge in [-0.2, -0.15) is 4.98 Å². The van der Waals surface area contributed by atoms with Crippen molar-refractivity contribution in [3.63, 3.8) is 0 Å². The van der Waals surface area contributed by atoms with E-state index in [0.29, 0.717) is 34.9 Å². The predicted molar refractivity (Wildman–Crippen MR) is 110 cm³/mol. The van der Waals surface area contributed by atoms with Crippen LogP contribution in [0.1, 0.15) is 23.2 Å². The highest BCUT2D eigenvalue weighted by molar-refractivity contribution is 7.91. The molecule has 0 bridgehead atoms. The van der Waals surface area contributed by atoms with Crippen LogP contribution in [0.4, 0.5) is 23.1 Å². The average Bonchev–Trinajstić information content (AvgIpc) is 3.47. The molecule has 1 aromatic carbocycles. The lowest BCUT2D eigenvalue weighted by Crippen LogP contribution is -2.32. The first-order valence-corrected chi connectivity index (χ1v) is 11.1. The van der Waals surface area contributed by atoms with Gasteiger partial charge in [-0.1, -0.05) is 0 Å². The maximum absolute atomic E-state index is 11.8. The topological polar surface area (TPSA) is 148 Å². The van der Waals surface area contributed by atoms with Gasteiger partial charge in [0.05, 0.1) is 11.3 Å². The maximum atomic E-state index is 11.8. The molecule has 1 saturated carbocycles. The number of anilines is 4. The molecule has 0 spiro atoms. The summed E-state index contributed by atoms with van der Waals surface area (Å²) in [6.07, 6.45) is 4.64. The summed E-state index contributed by atoms with van der Waals surface area (Å²) in [5, 5.41) is 8.78. The molecule has 1 unspecified atom stereocenters. The molecule has 1 atom stereocenters. The Bertz CT molecular complexity index is 1050. The summed E-state index contributed by atoms with van der Waals surface area (Å²) >= 11 is 0. The van der Waals surface area contributed by atoms with E-state index in [1.54, 1.807) is 18.2 Å². The quantitative estimate of drug-likeness (QED) is 0.541. The number of nitrogens with one attached hydrogen (secondary N) is 3. The minimum Gasteiger partial charge on any atom is -0.490 e. The van der Waals surface area contributed by atoms with Gasteiger partial charge in [-0.15, -0.1) is 0 Å². The molecule has 2 heterocycles. The first kappa shape index (κ1) is 19.2. The fourth-order valence-electron chi connectivity index (χ4n) is 2.89. The van der Waals surface area contributed by atoms with Crippen LogP contribution in [-0.2, 0) is 9.84 Å². The van der Waals surface area contributed by atoms with Crippen molar-refractivity contribution >= 4 is 38.9 Å². The number of sulfone groups is 1. The molecule has 5 N–H and O–H groups in total. The first-order valence-electron chi connectivity index (χ1n) is 9.19. The van der Waals surface area contributed by atoms with Crippen molar-refractivity contribution < 1.29 is 17.9 Å². The number of rotatable bonds is 6. The number of benzene rings is 1. The highest BCUT2D eigenvalue weighted by Crippen LogP contribution is 2.32. The lowest BCUT2D eigenvalue weighted by molar-refractivity contribution is 0.100. The summed E-state index contributed by atoms with van der Waals surface area (Å²) in [5.41, 5.74) is 7.00. The van der Waals surface area contributed by atoms with E-state index in [2.05, 4.69) is 25.9 Å². The predicted octanol–water partition coefficient (Wildman–Crippen LogP) is 1.11. The molecular weight excluding hydrogens is 396 g/mol. The molecular formula is C18H22N6O4S. The minimum atomic E-state index is -3.21. The van der Waals surface area contributed by atoms with Crippen LogP contribution in [0.15, 0.2) is 24.4 Å². The number of hydrogen-bond donors (Lipinski definition) is 4. The highest BCUT2D eigenvalue weighted by atomic mass is 32.2. The number of nitrogens with zero attached hydrogens (tertiary/aromatic N) is 2. The fraction of sp³-hybridized carbons (Fsp3) is 0.389. The molecule has 154 valence electrons. The molecule has 1 amide bonds. The van der Waals surface area contributed by atoms with Crippen molar-refractivity contribution in [2.45, 2.75) is 24.1 Å². The summed E-state index contributed by atoms with van der Waals surface area (Å²) in [6.45, 7) is 0.355. The van der Waals surface area contributed by atoms with Crippen LogP contribution in [0.25, 0.3) is 0 Å². The van der Waals surface area contributed by atoms with Crippen LogP contribution in [0.5, 0.6) is 5.75 Å². The smallest absolute Gasteiger partial charge is 0.254 e. The first-order chi connectivity index (χ1) is 13.8. The van der Waals surface area contributed by atoms with Crippen molar-refractivity contribution in [2.75, 3.05) is 35.4 Å². The van der Waals surface area contributed by atoms with Gasteiger partial charge in [0.1, 0.15) is 23.4 Å². The second-order valence-corrected chi connectivity index (χ2v) is 9.54. The second kappa shape index (κ2) is 7.39. The Labute approximate surface area is 168 Å². The molecule has 29 heavy (non-hydrogen) atoms. The van der Waals surface area contributed by atoms with Gasteiger partial charge in [0.2, 0.25) is 5.95 Å². The van der Waals surface area contributed by atoms with Crippen LogP contribution in [0.2, 0.25) is 0 Å². The Morgan fingerprint density at radius 2 is 2.14 bits per heavy atom. The number of carbonyl (C=O) groups is 1. The number of aromatic nitrogens is 2. The monoisotopic (exact) mass is 418 g/mol. The van der Waals surface area contributed by atoms with Gasteiger partial charge < -0.3 is 26.4 Å². The molecule has 1 aliphatic heterocycles. The zero-order valence-electron chi connectivity index (χ0n) is 15.8. The molecule has 10 nitrogen and oxygen atoms in total. The maximum Gasteiger partial charge on any atom is 0.254 e. The van der Waals surface area contributed by atoms with E-state index in [4.69, 9.17) is 10.5 Å². The van der Waals surface area contributed by atoms with Crippen molar-refractivity contribution in [2.24, 2.45) is 5.73 Å². The standard InChI is InChI=1S/C18H22N6O4S/c1-29(26,27)12-7-20-14-6-11(4-5-15(14)28-9-12)23-18-21-8-13(16(19)25)17(24-18)22-10-2-3-10/h4-6,8,10,12,20H,2-3,7,9H2,1H3,(H2,19,25)(H2,21,22,23,24). The Morgan fingerprint density at radius 1 is 1.34 bits per heavy atom. The Kier molecular flexibility index (Phi) is 4.91. The molecule has 2 aromatic rings. The molecule has 1 aliphatic carbocycles. The van der Waals surface area contributed by atoms with Gasteiger partial charge in [-0.3, -0.25) is 4.79 Å². The zero-order valence-corrected chi connectivity index (χ0v) is 16.6. The SMILES string of the molecule is CS(=O)(=O)C1CNc2cc(Nc3ncc(C(N)=O)c(NC4CC4)n3)ccc2OC1. The Morgan fingerprint density at radius 3 is 2.83 bits per heavy atom. The third-order valence-electron chi connectivity index (χ3n) is 4.76. The number of amides is 1. The van der Waals surface area contributed by atoms with E-state index in [-0.39, 0.29) is 18.7 Å². The molecule has 4 rings (SSSR count). The molecule has 0 radical (unpaired) electrons. The number of nitrogens with two attached hydrogens (primary N) is 1. The van der Waals surface area contributed by atoms with Gasteiger partial charge in [-0.05, 0) is 31.0 Å². The minimum absolute atomic E-state index is 0.0967. The van der Waals surface area contributed by atoms with Crippen LogP contribution in [0.3, 0.4) is 0 Å². The van der Waals surface area contributed by atoms with Crippen molar-refractivity contribution in [1.82, 2.24) is 9.97 Å². The number of ether oxygens (including phenoxy) is 1. The van der Waals surface area contributed by atoms with Gasteiger partial charge in [0, 0.05) is 30.7 Å². The van der Waals surface area contributed by atoms with Gasteiger partial charge in [0.15, 0.2) is 9.84 Å². The van der Waals surface area contributed by atoms with Gasteiger partial charge in [-0.25, -0.2) is 13.4 Å². The average molecular weight is 418 g/mol. The summed E-state index contributed by atoms with van der Waals surface area (Å²) in [5.74, 6) is 0.695. The molecule has 1 fully saturated rings. The van der Waals surface area contributed by atoms with E-state index >= 15 is 0 Å². The second-order valence-electron chi connectivity index (χ2n) is 7.22. The van der Waals surface area contributed by atoms with E-state index in [0.717, 1.165) is 12.8 Å². The highest BCUT2D eigenvalue weighted by Gasteiger charge is 2.26. The Balaban J connectivity index is 1.54. The Hall–Kier alpha value is -3.08. The number of fused-ring (bicyclic) bond motifs is 1. The molecule has 11 heteroatoms. The summed E-state index contributed by atoms with van der Waals surface area (Å²) in [4.78, 5) is 20.1. The van der Waals surface area contributed by atoms with Crippen LogP contribution >= 0.6 is 0 Å². The van der Waals surface area contributed by atoms with Crippen molar-refractivity contribution in [1.29, 1.82) is 0 Å². The summed E-state index contributed by atoms with van der Waals surface area (Å²) < 4.78 is 29.2. The van der Waals surface area contributed by atoms with Gasteiger partial charge in [0.25, 0.3) is 5.91 Å². The number of carbonyl (C=O) groups excluding carboxylic acids is 1. The van der Waals surface area contributed by atoms with Crippen LogP contribution in [-0.4, -0.2) is 55.0 Å². The lowest BCUT2D eigenvalue weighted by Gasteiger charge is -2.13. The summed E-state index contributed by atoms with van der Waals surface area (Å²) in [7, 11) is -3.21. The van der Waals surface area contributed by atoms with Crippen molar-refractivity contribution in [3.05, 3.63) is 30.0 Å².